The fraction of sp³-hybridized carbons (Fsp3) is 0.628. The van der Waals surface area contributed by atoms with Crippen LogP contribution in [0.4, 0.5) is 0 Å². The van der Waals surface area contributed by atoms with Gasteiger partial charge in [-0.25, -0.2) is 4.79 Å². The van der Waals surface area contributed by atoms with Crippen molar-refractivity contribution in [1.29, 1.82) is 16.2 Å². The molecule has 54 heteroatoms. The number of thiol groups is 2. The number of unbranched alkanes of at least 4 members (excludes halogenated alkanes) is 1. The molecule has 0 spiro atoms. The van der Waals surface area contributed by atoms with Gasteiger partial charge in [-0.2, -0.15) is 25.3 Å². The molecule has 0 unspecified atom stereocenters. The molecule has 20 atom stereocenters. The third-order valence-electron chi connectivity index (χ3n) is 22.5. The van der Waals surface area contributed by atoms with E-state index >= 15 is 0 Å². The van der Waals surface area contributed by atoms with Crippen molar-refractivity contribution in [2.75, 3.05) is 51.6 Å². The Balaban J connectivity index is 1.98. The van der Waals surface area contributed by atoms with Gasteiger partial charge in [-0.3, -0.25) is 92.9 Å². The fourth-order valence-electron chi connectivity index (χ4n) is 14.3. The van der Waals surface area contributed by atoms with E-state index in [2.05, 4.69) is 116 Å². The summed E-state index contributed by atoms with van der Waals surface area (Å²) in [6.07, 6.45) is -7.69. The van der Waals surface area contributed by atoms with E-state index in [-0.39, 0.29) is 152 Å². The highest BCUT2D eigenvalue weighted by Gasteiger charge is 2.46. The molecule has 3 rings (SSSR count). The van der Waals surface area contributed by atoms with Crippen LogP contribution in [0, 0.1) is 28.1 Å². The minimum atomic E-state index is -2.03. The van der Waals surface area contributed by atoms with Crippen molar-refractivity contribution in [2.24, 2.45) is 57.7 Å². The summed E-state index contributed by atoms with van der Waals surface area (Å²) in [4.78, 5) is 242. The first-order valence-electron chi connectivity index (χ1n) is 45.8. The molecule has 1 heterocycles. The largest absolute Gasteiger partial charge is 0.508 e. The number of phenols is 2. The molecule has 0 radical (unpaired) electrons. The first kappa shape index (κ1) is 121. The van der Waals surface area contributed by atoms with Crippen molar-refractivity contribution in [2.45, 2.75) is 278 Å². The van der Waals surface area contributed by atoms with Crippen LogP contribution in [0.15, 0.2) is 48.5 Å². The van der Waals surface area contributed by atoms with Crippen LogP contribution in [-0.4, -0.2) is 325 Å². The van der Waals surface area contributed by atoms with Crippen molar-refractivity contribution < 1.29 is 112 Å². The van der Waals surface area contributed by atoms with Crippen LogP contribution in [0.25, 0.3) is 0 Å². The number of aliphatic hydroxyl groups is 3. The zero-order valence-corrected chi connectivity index (χ0v) is 81.6. The number of aliphatic hydroxyl groups excluding tert-OH is 3. The molecule has 2 aromatic carbocycles. The number of carbonyl (C=O) groups is 17. The van der Waals surface area contributed by atoms with Gasteiger partial charge >= 0.3 is 5.97 Å². The van der Waals surface area contributed by atoms with Crippen molar-refractivity contribution in [3.8, 4) is 11.5 Å². The molecular weight excluding hydrogens is 1870 g/mol. The number of rotatable bonds is 63. The number of likely N-dealkylation sites (tertiary alicyclic amines) is 1. The molecule has 1 fully saturated rings. The van der Waals surface area contributed by atoms with Gasteiger partial charge < -0.3 is 172 Å². The number of primary amides is 1. The maximum absolute atomic E-state index is 14.9. The second kappa shape index (κ2) is 61.0. The molecule has 2 aromatic rings. The Bertz CT molecular complexity index is 4520. The molecule has 1 saturated heterocycles. The molecule has 16 amide bonds. The van der Waals surface area contributed by atoms with Crippen molar-refractivity contribution in [3.05, 3.63) is 59.7 Å². The number of carboxylic acids is 1. The topological polar surface area (TPSA) is 899 Å². The number of β-amino-alcohol motifs (C(OH)–C–C–N with tert-alkyl or cyclic N) is 1. The van der Waals surface area contributed by atoms with E-state index in [1.807, 2.05) is 0 Å². The second-order valence-corrected chi connectivity index (χ2v) is 36.5. The molecule has 784 valence electrons. The third-order valence-corrected chi connectivity index (χ3v) is 23.1. The predicted octanol–water partition coefficient (Wildman–Crippen LogP) is -10.4. The highest BCUT2D eigenvalue weighted by Crippen LogP contribution is 2.24. The summed E-state index contributed by atoms with van der Waals surface area (Å²) in [7, 11) is 0. The zero-order chi connectivity index (χ0) is 106. The highest BCUT2D eigenvalue weighted by molar-refractivity contribution is 7.81. The molecule has 1 aliphatic heterocycles. The summed E-state index contributed by atoms with van der Waals surface area (Å²) in [5, 5.41) is 128. The number of aromatic hydroxyl groups is 2. The maximum Gasteiger partial charge on any atom is 0.326 e. The number of nitrogens with one attached hydrogen (secondary N) is 20. The molecule has 140 heavy (non-hydrogen) atoms. The number of hydrogen-bond donors (Lipinski definition) is 36. The molecule has 52 nitrogen and oxygen atoms in total. The van der Waals surface area contributed by atoms with Crippen LogP contribution >= 0.6 is 25.3 Å². The van der Waals surface area contributed by atoms with Crippen LogP contribution in [0.3, 0.4) is 0 Å². The monoisotopic (exact) mass is 2020 g/mol. The lowest BCUT2D eigenvalue weighted by molar-refractivity contribution is -0.142. The highest BCUT2D eigenvalue weighted by atomic mass is 32.1. The van der Waals surface area contributed by atoms with E-state index in [1.165, 1.54) is 62.4 Å². The number of phenolic OH excluding ortho intramolecular Hbond substituents is 2. The number of carbonyl (C=O) groups excluding carboxylic acids is 16. The van der Waals surface area contributed by atoms with Gasteiger partial charge in [-0.15, -0.1) is 0 Å². The van der Waals surface area contributed by atoms with E-state index in [4.69, 9.17) is 62.1 Å². The van der Waals surface area contributed by atoms with E-state index in [1.54, 1.807) is 27.7 Å². The van der Waals surface area contributed by atoms with Gasteiger partial charge in [0, 0.05) is 55.9 Å². The van der Waals surface area contributed by atoms with Crippen LogP contribution in [0.1, 0.15) is 156 Å². The van der Waals surface area contributed by atoms with Crippen molar-refractivity contribution in [1.82, 2.24) is 95.3 Å². The van der Waals surface area contributed by atoms with E-state index < -0.39 is 269 Å². The molecule has 42 N–H and O–H groups in total. The number of nitrogens with two attached hydrogens (primary N) is 8. The van der Waals surface area contributed by atoms with Crippen LogP contribution in [0.2, 0.25) is 0 Å². The third kappa shape index (κ3) is 42.5. The van der Waals surface area contributed by atoms with Gasteiger partial charge in [0.25, 0.3) is 0 Å². The average Bonchev–Trinajstić information content (AvgIpc) is 1.77. The lowest BCUT2D eigenvalue weighted by Gasteiger charge is -2.33. The van der Waals surface area contributed by atoms with Gasteiger partial charge in [0.1, 0.15) is 102 Å². The van der Waals surface area contributed by atoms with Crippen molar-refractivity contribution >= 4 is 144 Å². The van der Waals surface area contributed by atoms with Gasteiger partial charge in [-0.1, -0.05) is 58.4 Å². The van der Waals surface area contributed by atoms with E-state index in [0.717, 1.165) is 18.7 Å². The molecule has 1 aliphatic rings. The molecule has 0 aromatic heterocycles. The first-order valence-corrected chi connectivity index (χ1v) is 46.9. The van der Waals surface area contributed by atoms with Gasteiger partial charge in [0.15, 0.2) is 17.9 Å². The van der Waals surface area contributed by atoms with Gasteiger partial charge in [0.05, 0.1) is 30.8 Å². The Kier molecular flexibility index (Phi) is 52.9. The summed E-state index contributed by atoms with van der Waals surface area (Å²) >= 11 is 8.88. The number of carboxylic acid groups (broad SMARTS) is 1. The molecular formula is C86H145N29O23S2. The minimum absolute atomic E-state index is 0.0319. The molecule has 0 aliphatic carbocycles. The number of aliphatic carboxylic acids is 1. The summed E-state index contributed by atoms with van der Waals surface area (Å²) in [5.41, 5.74) is 46.7. The normalized spacial score (nSPS) is 16.8. The quantitative estimate of drug-likeness (QED) is 0.0127. The predicted molar refractivity (Wildman–Crippen MR) is 518 cm³/mol. The number of nitrogens with zero attached hydrogens (tertiary/aromatic N) is 1. The van der Waals surface area contributed by atoms with Gasteiger partial charge in [0.2, 0.25) is 94.5 Å². The summed E-state index contributed by atoms with van der Waals surface area (Å²) in [6, 6.07) is -15.4. The minimum Gasteiger partial charge on any atom is -0.508 e. The lowest BCUT2D eigenvalue weighted by atomic mass is 9.96. The number of hydrogen-bond acceptors (Lipinski definition) is 31. The van der Waals surface area contributed by atoms with Gasteiger partial charge in [-0.05, 0) is 165 Å². The first-order chi connectivity index (χ1) is 65.7. The van der Waals surface area contributed by atoms with Crippen LogP contribution in [-0.2, 0) is 94.3 Å². The van der Waals surface area contributed by atoms with E-state index in [0.29, 0.717) is 5.56 Å². The number of amides is 16. The fourth-order valence-corrected chi connectivity index (χ4v) is 14.7. The van der Waals surface area contributed by atoms with Crippen LogP contribution in [0.5, 0.6) is 11.5 Å². The Morgan fingerprint density at radius 3 is 1.14 bits per heavy atom. The Morgan fingerprint density at radius 1 is 0.443 bits per heavy atom. The number of guanidine groups is 3. The number of benzene rings is 2. The Morgan fingerprint density at radius 2 is 0.779 bits per heavy atom. The summed E-state index contributed by atoms with van der Waals surface area (Å²) in [5.74, 6) is -21.9. The molecule has 0 bridgehead atoms. The van der Waals surface area contributed by atoms with E-state index in [9.17, 15) is 112 Å². The SMILES string of the molecule is CC[C@H](C)[C@H](NC(=O)[C@@H]1C[C@@H](O)CN1C(=O)[C@@H](N)C(C)C)C(=O)N[C@H](C(=O)N[C@@H](Cc1ccc(O)cc1)C(=O)N[C@H](C(=O)N[C@@H](CC(N)=O)C(=O)N[C@@H](CCCNC(=N)N)C(=O)N[C@@H](CCN)C(=O)N[C@H](C(=O)N[C@H](CCCNC(=N)N)C(=O)N[C@@H](CCCCN)C(=O)N[C@@H](CS)C(=O)N[C@@H](CCN)C(=O)N[C@@H](CCCNC(=N)N)C(=O)N[C@@H](Cc1ccc(O)cc1)C(=O)O)[C@@H](C)O)C(C)(C)S)[C@@H](C)O. The smallest absolute Gasteiger partial charge is 0.326 e. The average molecular weight is 2020 g/mol. The maximum atomic E-state index is 14.9. The summed E-state index contributed by atoms with van der Waals surface area (Å²) < 4.78 is -1.66. The molecule has 0 saturated carbocycles. The Labute approximate surface area is 821 Å². The van der Waals surface area contributed by atoms with Crippen molar-refractivity contribution in [3.63, 3.8) is 0 Å². The zero-order valence-electron chi connectivity index (χ0n) is 79.8. The standard InChI is InChI=1S/C86H145N29O23S2/c1-9-42(4)63(111-76(131)60-37-49(120)39-115(60)81(136)62(91)41(2)3)77(132)113-65(44(6)117)79(134)107-56(35-45-19-23-47(118)24-20-45)74(129)114-66(86(7,8)140)80(135)108-57(38-61(90)121)73(128)103-51(16-12-32-98-83(92)93)67(122)104-55(28-31-89)72(127)112-64(43(5)116)78(133)106-53(18-14-34-100-85(96)97)68(123)101-50(15-10-11-29-87)70(125)110-59(40-139)75(130)105-54(27-30-88)71(126)102-52(17-13-33-99-84(94)95)69(124)109-58(82(137)138)36-46-21-25-48(119)26-22-46/h19-26,41-44,49-60,62-66,116-120,139-140H,9-18,27-40,87-89,91H2,1-8H3,(H2,90,121)(H,101,123)(H,102,126)(H,103,128)(H,104,122)(H,105,130)(H,106,133)(H,107,134)(H,108,135)(H,109,124)(H,110,125)(H,111,131)(H,112,127)(H,113,132)(H,114,129)(H,137,138)(H4,92,93,98)(H4,94,95,99)(H4,96,97,100)/t42-,43+,44+,49+,50-,51-,52-,53+,54-,55-,56-,57-,58-,59-,60-,62-,63-,64-,65-,66+/m0/s1. The van der Waals surface area contributed by atoms with Crippen LogP contribution < -0.4 is 136 Å². The Hall–Kier alpha value is -12.7. The summed E-state index contributed by atoms with van der Waals surface area (Å²) in [6.45, 7) is 10.7. The lowest BCUT2D eigenvalue weighted by Crippen LogP contribution is -2.64. The second-order valence-electron chi connectivity index (χ2n) is 35.0.